The van der Waals surface area contributed by atoms with Gasteiger partial charge < -0.3 is 9.32 Å². The Balaban J connectivity index is 1.29. The zero-order valence-electron chi connectivity index (χ0n) is 18.4. The molecule has 3 aromatic carbocycles. The molecule has 0 bridgehead atoms. The summed E-state index contributed by atoms with van der Waals surface area (Å²) < 4.78 is 8.16. The first-order valence-corrected chi connectivity index (χ1v) is 11.7. The molecule has 33 heavy (non-hydrogen) atoms. The van der Waals surface area contributed by atoms with Gasteiger partial charge in [-0.3, -0.25) is 0 Å². The van der Waals surface area contributed by atoms with E-state index >= 15 is 0 Å². The van der Waals surface area contributed by atoms with Crippen LogP contribution in [0.1, 0.15) is 5.69 Å². The zero-order chi connectivity index (χ0) is 22.4. The molecule has 4 nitrogen and oxygen atoms in total. The maximum atomic E-state index is 5.95. The van der Waals surface area contributed by atoms with Gasteiger partial charge in [-0.15, -0.1) is 0 Å². The molecule has 1 aliphatic heterocycles. The van der Waals surface area contributed by atoms with Crippen molar-refractivity contribution >= 4 is 45.5 Å². The highest BCUT2D eigenvalue weighted by Crippen LogP contribution is 2.44. The lowest BCUT2D eigenvalue weighted by molar-refractivity contribution is -0.646. The summed E-state index contributed by atoms with van der Waals surface area (Å²) in [5, 5.41) is 2.37. The Morgan fingerprint density at radius 2 is 1.82 bits per heavy atom. The normalized spacial score (nSPS) is 14.7. The van der Waals surface area contributed by atoms with Gasteiger partial charge in [0, 0.05) is 41.1 Å². The fourth-order valence-corrected chi connectivity index (χ4v) is 5.27. The first-order chi connectivity index (χ1) is 16.2. The monoisotopic (exact) mass is 448 g/mol. The van der Waals surface area contributed by atoms with E-state index in [1.54, 1.807) is 11.8 Å². The molecule has 0 aliphatic carbocycles. The maximum Gasteiger partial charge on any atom is 0.227 e. The molecule has 1 aliphatic rings. The van der Waals surface area contributed by atoms with Crippen LogP contribution in [0.15, 0.2) is 105 Å². The molecule has 0 amide bonds. The number of aryl methyl sites for hydroxylation is 1. The number of pyridine rings is 1. The van der Waals surface area contributed by atoms with Crippen molar-refractivity contribution in [1.29, 1.82) is 0 Å². The van der Waals surface area contributed by atoms with Crippen LogP contribution in [0.4, 0.5) is 5.69 Å². The van der Waals surface area contributed by atoms with Gasteiger partial charge in [0.05, 0.1) is 10.7 Å². The van der Waals surface area contributed by atoms with Crippen molar-refractivity contribution in [1.82, 2.24) is 4.98 Å². The van der Waals surface area contributed by atoms with Crippen molar-refractivity contribution in [2.24, 2.45) is 7.05 Å². The molecule has 5 aromatic rings. The van der Waals surface area contributed by atoms with Crippen LogP contribution in [-0.4, -0.2) is 12.0 Å². The molecular formula is C28H22N3OS+. The number of para-hydroxylation sites is 3. The second kappa shape index (κ2) is 7.94. The van der Waals surface area contributed by atoms with Gasteiger partial charge in [-0.1, -0.05) is 42.1 Å². The number of benzene rings is 3. The third-order valence-electron chi connectivity index (χ3n) is 6.03. The molecular weight excluding hydrogens is 426 g/mol. The number of aromatic nitrogens is 2. The van der Waals surface area contributed by atoms with Gasteiger partial charge in [0.1, 0.15) is 12.6 Å². The molecule has 0 saturated heterocycles. The number of oxazole rings is 1. The highest BCUT2D eigenvalue weighted by Gasteiger charge is 2.20. The quantitative estimate of drug-likeness (QED) is 0.292. The largest absolute Gasteiger partial charge is 0.436 e. The van der Waals surface area contributed by atoms with Crippen LogP contribution in [0.2, 0.25) is 0 Å². The summed E-state index contributed by atoms with van der Waals surface area (Å²) in [5.41, 5.74) is 6.21. The highest BCUT2D eigenvalue weighted by molar-refractivity contribution is 8.03. The molecule has 0 spiro atoms. The standard InChI is InChI=1S/C28H22N3OS/c1-30-21(8-7-13-27-31(2)24-10-4-6-12-26(24)33-27)16-14-19-18-20(15-17-23(19)30)28-29-22-9-3-5-11-25(22)32-28/h3-18H,1-2H3/q+1. The van der Waals surface area contributed by atoms with Gasteiger partial charge in [-0.05, 0) is 48.5 Å². The van der Waals surface area contributed by atoms with Crippen LogP contribution >= 0.6 is 11.8 Å². The Kier molecular flexibility index (Phi) is 4.77. The van der Waals surface area contributed by atoms with Gasteiger partial charge in [-0.25, -0.2) is 4.98 Å². The van der Waals surface area contributed by atoms with E-state index in [1.165, 1.54) is 15.6 Å². The van der Waals surface area contributed by atoms with E-state index in [0.717, 1.165) is 33.3 Å². The summed E-state index contributed by atoms with van der Waals surface area (Å²) in [6, 6.07) is 27.0. The second-order valence-corrected chi connectivity index (χ2v) is 9.13. The maximum absolute atomic E-state index is 5.95. The Morgan fingerprint density at radius 1 is 0.970 bits per heavy atom. The molecule has 5 heteroatoms. The smallest absolute Gasteiger partial charge is 0.227 e. The molecule has 6 rings (SSSR count). The topological polar surface area (TPSA) is 33.2 Å². The first kappa shape index (κ1) is 19.8. The van der Waals surface area contributed by atoms with Crippen LogP contribution in [0.25, 0.3) is 39.5 Å². The van der Waals surface area contributed by atoms with Gasteiger partial charge in [-0.2, -0.15) is 4.57 Å². The Hall–Kier alpha value is -3.83. The van der Waals surface area contributed by atoms with E-state index in [1.807, 2.05) is 24.3 Å². The van der Waals surface area contributed by atoms with E-state index in [-0.39, 0.29) is 0 Å². The second-order valence-electron chi connectivity index (χ2n) is 8.07. The minimum absolute atomic E-state index is 0.649. The average Bonchev–Trinajstić information content (AvgIpc) is 3.42. The van der Waals surface area contributed by atoms with Crippen molar-refractivity contribution in [2.75, 3.05) is 11.9 Å². The van der Waals surface area contributed by atoms with Gasteiger partial charge in [0.2, 0.25) is 17.1 Å². The Labute approximate surface area is 196 Å². The number of rotatable bonds is 3. The summed E-state index contributed by atoms with van der Waals surface area (Å²) in [6.45, 7) is 0. The van der Waals surface area contributed by atoms with Crippen molar-refractivity contribution in [3.8, 4) is 11.5 Å². The van der Waals surface area contributed by atoms with Crippen molar-refractivity contribution in [3.05, 3.63) is 102 Å². The Morgan fingerprint density at radius 3 is 2.70 bits per heavy atom. The summed E-state index contributed by atoms with van der Waals surface area (Å²) in [5.74, 6) is 0.649. The number of hydrogen-bond donors (Lipinski definition) is 0. The van der Waals surface area contributed by atoms with Crippen LogP contribution in [-0.2, 0) is 7.05 Å². The summed E-state index contributed by atoms with van der Waals surface area (Å²) >= 11 is 1.80. The molecule has 0 fully saturated rings. The lowest BCUT2D eigenvalue weighted by Gasteiger charge is -2.12. The fourth-order valence-electron chi connectivity index (χ4n) is 4.21. The fraction of sp³-hybridized carbons (Fsp3) is 0.0714. The minimum atomic E-state index is 0.649. The Bertz CT molecular complexity index is 1550. The molecule has 0 radical (unpaired) electrons. The van der Waals surface area contributed by atoms with E-state index in [2.05, 4.69) is 101 Å². The third kappa shape index (κ3) is 3.51. The first-order valence-electron chi connectivity index (χ1n) is 10.8. The van der Waals surface area contributed by atoms with Gasteiger partial charge >= 0.3 is 0 Å². The molecule has 0 unspecified atom stereocenters. The van der Waals surface area contributed by atoms with Crippen LogP contribution < -0.4 is 9.47 Å². The molecule has 3 heterocycles. The number of fused-ring (bicyclic) bond motifs is 3. The lowest BCUT2D eigenvalue weighted by atomic mass is 10.1. The van der Waals surface area contributed by atoms with E-state index in [9.17, 15) is 0 Å². The summed E-state index contributed by atoms with van der Waals surface area (Å²) in [4.78, 5) is 8.16. The van der Waals surface area contributed by atoms with Crippen LogP contribution in [0.3, 0.4) is 0 Å². The van der Waals surface area contributed by atoms with E-state index < -0.39 is 0 Å². The SMILES string of the molecule is CN1/C(=C/C=C\c2ccc3cc(-c4nc5ccccc5o4)ccc3[n+]2C)Sc2ccccc21. The molecule has 2 aromatic heterocycles. The highest BCUT2D eigenvalue weighted by atomic mass is 32.2. The third-order valence-corrected chi connectivity index (χ3v) is 7.21. The summed E-state index contributed by atoms with van der Waals surface area (Å²) in [7, 11) is 4.21. The molecule has 0 atom stereocenters. The average molecular weight is 449 g/mol. The van der Waals surface area contributed by atoms with E-state index in [4.69, 9.17) is 4.42 Å². The van der Waals surface area contributed by atoms with Crippen molar-refractivity contribution < 1.29 is 8.98 Å². The number of anilines is 1. The minimum Gasteiger partial charge on any atom is -0.436 e. The predicted molar refractivity (Wildman–Crippen MR) is 136 cm³/mol. The number of hydrogen-bond acceptors (Lipinski definition) is 4. The molecule has 160 valence electrons. The lowest BCUT2D eigenvalue weighted by Crippen LogP contribution is -2.32. The van der Waals surface area contributed by atoms with Crippen LogP contribution in [0.5, 0.6) is 0 Å². The summed E-state index contributed by atoms with van der Waals surface area (Å²) in [6.07, 6.45) is 6.45. The molecule has 0 N–H and O–H groups in total. The van der Waals surface area contributed by atoms with Crippen molar-refractivity contribution in [3.63, 3.8) is 0 Å². The zero-order valence-corrected chi connectivity index (χ0v) is 19.2. The number of allylic oxidation sites excluding steroid dienone is 2. The van der Waals surface area contributed by atoms with Crippen LogP contribution in [0, 0.1) is 0 Å². The van der Waals surface area contributed by atoms with Gasteiger partial charge in [0.25, 0.3) is 0 Å². The van der Waals surface area contributed by atoms with Gasteiger partial charge in [0.15, 0.2) is 5.58 Å². The number of nitrogens with zero attached hydrogens (tertiary/aromatic N) is 3. The molecule has 0 saturated carbocycles. The predicted octanol–water partition coefficient (Wildman–Crippen LogP) is 6.57. The van der Waals surface area contributed by atoms with E-state index in [0.29, 0.717) is 5.89 Å². The number of thioether (sulfide) groups is 1. The van der Waals surface area contributed by atoms with Crippen molar-refractivity contribution in [2.45, 2.75) is 4.90 Å².